The maximum atomic E-state index is 4.30. The van der Waals surface area contributed by atoms with Crippen LogP contribution in [0.15, 0.2) is 73.1 Å². The fourth-order valence-corrected chi connectivity index (χ4v) is 3.90. The molecule has 0 aliphatic carbocycles. The topological polar surface area (TPSA) is 55.6 Å². The number of aromatic nitrogens is 4. The molecule has 0 atom stereocenters. The molecule has 5 aromatic rings. The lowest BCUT2D eigenvalue weighted by Gasteiger charge is -2.04. The van der Waals surface area contributed by atoms with Gasteiger partial charge in [-0.1, -0.05) is 36.9 Å². The van der Waals surface area contributed by atoms with E-state index in [-0.39, 0.29) is 0 Å². The highest BCUT2D eigenvalue weighted by atomic mass is 32.1. The van der Waals surface area contributed by atoms with Crippen molar-refractivity contribution in [2.24, 2.45) is 7.05 Å². The zero-order valence-corrected chi connectivity index (χ0v) is 17.1. The van der Waals surface area contributed by atoms with Gasteiger partial charge in [0.15, 0.2) is 0 Å². The molecule has 0 radical (unpaired) electrons. The van der Waals surface area contributed by atoms with Crippen LogP contribution >= 0.6 is 11.3 Å². The van der Waals surface area contributed by atoms with Crippen molar-refractivity contribution in [1.82, 2.24) is 19.7 Å². The summed E-state index contributed by atoms with van der Waals surface area (Å²) in [6, 6.07) is 14.5. The Morgan fingerprint density at radius 3 is 2.69 bits per heavy atom. The van der Waals surface area contributed by atoms with Gasteiger partial charge in [0.05, 0.1) is 21.9 Å². The average molecular weight is 400 g/mol. The number of nitrogens with one attached hydrogen (secondary N) is 1. The molecule has 5 rings (SSSR count). The molecule has 0 bridgehead atoms. The molecular weight excluding hydrogens is 378 g/mol. The Labute approximate surface area is 173 Å². The van der Waals surface area contributed by atoms with E-state index in [0.717, 1.165) is 22.3 Å². The summed E-state index contributed by atoms with van der Waals surface area (Å²) in [5.74, 6) is 0.880. The van der Waals surface area contributed by atoms with E-state index in [2.05, 4.69) is 51.2 Å². The molecule has 0 spiro atoms. The summed E-state index contributed by atoms with van der Waals surface area (Å²) in [6.07, 6.45) is 7.64. The first-order valence-electron chi connectivity index (χ1n) is 9.19. The largest absolute Gasteiger partial charge is 0.373 e. The summed E-state index contributed by atoms with van der Waals surface area (Å²) < 4.78 is 3.04. The molecule has 0 fully saturated rings. The highest BCUT2D eigenvalue weighted by Gasteiger charge is 2.03. The lowest BCUT2D eigenvalue weighted by molar-refractivity contribution is 0.768. The number of fused-ring (bicyclic) bond motifs is 2. The molecule has 5 nitrogen and oxygen atoms in total. The van der Waals surface area contributed by atoms with Gasteiger partial charge >= 0.3 is 0 Å². The van der Waals surface area contributed by atoms with Gasteiger partial charge in [0.1, 0.15) is 5.82 Å². The van der Waals surface area contributed by atoms with Crippen LogP contribution in [-0.4, -0.2) is 26.8 Å². The number of nitrogens with zero attached hydrogens (tertiary/aromatic N) is 4. The summed E-state index contributed by atoms with van der Waals surface area (Å²) in [7, 11) is 3.80. The summed E-state index contributed by atoms with van der Waals surface area (Å²) >= 11 is 1.66. The van der Waals surface area contributed by atoms with Crippen LogP contribution in [0.3, 0.4) is 0 Å². The second-order valence-electron chi connectivity index (χ2n) is 6.54. The van der Waals surface area contributed by atoms with Crippen molar-refractivity contribution >= 4 is 44.2 Å². The van der Waals surface area contributed by atoms with E-state index in [9.17, 15) is 0 Å². The second-order valence-corrected chi connectivity index (χ2v) is 7.39. The number of pyridine rings is 1. The smallest absolute Gasteiger partial charge is 0.126 e. The maximum absolute atomic E-state index is 4.30. The van der Waals surface area contributed by atoms with Crippen molar-refractivity contribution in [1.29, 1.82) is 0 Å². The third-order valence-corrected chi connectivity index (χ3v) is 5.51. The Hall–Kier alpha value is -3.51. The Balaban J connectivity index is 0.000000159. The van der Waals surface area contributed by atoms with Crippen molar-refractivity contribution in [3.8, 4) is 11.1 Å². The van der Waals surface area contributed by atoms with E-state index in [1.165, 1.54) is 21.2 Å². The van der Waals surface area contributed by atoms with Crippen LogP contribution in [0.5, 0.6) is 0 Å². The Morgan fingerprint density at radius 2 is 1.93 bits per heavy atom. The predicted molar refractivity (Wildman–Crippen MR) is 123 cm³/mol. The monoisotopic (exact) mass is 399 g/mol. The van der Waals surface area contributed by atoms with Crippen LogP contribution in [0.25, 0.3) is 38.2 Å². The molecule has 0 amide bonds. The van der Waals surface area contributed by atoms with Crippen molar-refractivity contribution in [3.05, 3.63) is 78.7 Å². The second kappa shape index (κ2) is 8.24. The molecule has 29 heavy (non-hydrogen) atoms. The average Bonchev–Trinajstić information content (AvgIpc) is 3.42. The van der Waals surface area contributed by atoms with Gasteiger partial charge in [0, 0.05) is 37.4 Å². The number of hydrogen-bond acceptors (Lipinski definition) is 5. The summed E-state index contributed by atoms with van der Waals surface area (Å²) in [4.78, 5) is 8.50. The molecule has 0 unspecified atom stereocenters. The number of hydrogen-bond donors (Lipinski definition) is 1. The van der Waals surface area contributed by atoms with Crippen molar-refractivity contribution in [2.45, 2.75) is 0 Å². The quantitative estimate of drug-likeness (QED) is 0.428. The standard InChI is InChI=1S/C14H14N4.C9H7NS/c1-15-14-6-12-5-10(3-4-11(12)7-16-14)13-8-17-18(2)9-13;1-2-7-4-3-5-8-9(7)11-6-10-8/h3-9H,1-2H3,(H,15,16);2-6H,1H2. The lowest BCUT2D eigenvalue weighted by atomic mass is 10.1. The highest BCUT2D eigenvalue weighted by molar-refractivity contribution is 7.17. The van der Waals surface area contributed by atoms with Crippen LogP contribution in [0, 0.1) is 0 Å². The predicted octanol–water partition coefficient (Wildman–Crippen LogP) is 5.62. The molecular formula is C23H21N5S. The molecule has 6 heteroatoms. The van der Waals surface area contributed by atoms with Crippen molar-refractivity contribution in [2.75, 3.05) is 12.4 Å². The number of anilines is 1. The Morgan fingerprint density at radius 1 is 1.03 bits per heavy atom. The summed E-state index contributed by atoms with van der Waals surface area (Å²) in [5.41, 5.74) is 6.39. The first kappa shape index (κ1) is 18.8. The van der Waals surface area contributed by atoms with Gasteiger partial charge in [-0.3, -0.25) is 4.68 Å². The van der Waals surface area contributed by atoms with Gasteiger partial charge in [-0.25, -0.2) is 9.97 Å². The van der Waals surface area contributed by atoms with Crippen LogP contribution in [0.4, 0.5) is 5.82 Å². The fourth-order valence-electron chi connectivity index (χ4n) is 3.10. The highest BCUT2D eigenvalue weighted by Crippen LogP contribution is 2.25. The number of benzene rings is 2. The van der Waals surface area contributed by atoms with E-state index in [4.69, 9.17) is 0 Å². The minimum Gasteiger partial charge on any atom is -0.373 e. The molecule has 0 aliphatic rings. The fraction of sp³-hybridized carbons (Fsp3) is 0.0870. The van der Waals surface area contributed by atoms with Crippen LogP contribution in [-0.2, 0) is 7.05 Å². The Kier molecular flexibility index (Phi) is 5.35. The third-order valence-electron chi connectivity index (χ3n) is 4.62. The zero-order chi connectivity index (χ0) is 20.2. The minimum atomic E-state index is 0.880. The van der Waals surface area contributed by atoms with Gasteiger partial charge in [-0.2, -0.15) is 5.10 Å². The van der Waals surface area contributed by atoms with E-state index >= 15 is 0 Å². The summed E-state index contributed by atoms with van der Waals surface area (Å²) in [5, 5.41) is 9.57. The number of thiazole rings is 1. The van der Waals surface area contributed by atoms with Crippen molar-refractivity contribution in [3.63, 3.8) is 0 Å². The molecule has 0 saturated carbocycles. The Bertz CT molecular complexity index is 1280. The minimum absolute atomic E-state index is 0.880. The normalized spacial score (nSPS) is 10.6. The third kappa shape index (κ3) is 4.02. The molecule has 2 aromatic carbocycles. The molecule has 0 saturated heterocycles. The molecule has 3 heterocycles. The molecule has 3 aromatic heterocycles. The van der Waals surface area contributed by atoms with E-state index in [1.807, 2.05) is 67.2 Å². The molecule has 144 valence electrons. The van der Waals surface area contributed by atoms with E-state index in [0.29, 0.717) is 0 Å². The molecule has 0 aliphatic heterocycles. The van der Waals surface area contributed by atoms with Gasteiger partial charge in [-0.05, 0) is 34.7 Å². The SMILES string of the molecule is C=Cc1cccc2ncsc12.CNc1cc2cc(-c3cnn(C)c3)ccc2cn1. The van der Waals surface area contributed by atoms with Crippen LogP contribution < -0.4 is 5.32 Å². The van der Waals surface area contributed by atoms with E-state index in [1.54, 1.807) is 11.3 Å². The first-order chi connectivity index (χ1) is 14.2. The lowest BCUT2D eigenvalue weighted by Crippen LogP contribution is -1.91. The summed E-state index contributed by atoms with van der Waals surface area (Å²) in [6.45, 7) is 3.74. The van der Waals surface area contributed by atoms with Gasteiger partial charge < -0.3 is 5.32 Å². The van der Waals surface area contributed by atoms with Gasteiger partial charge in [0.25, 0.3) is 0 Å². The zero-order valence-electron chi connectivity index (χ0n) is 16.3. The number of aryl methyl sites for hydroxylation is 1. The van der Waals surface area contributed by atoms with E-state index < -0.39 is 0 Å². The van der Waals surface area contributed by atoms with Gasteiger partial charge in [0.2, 0.25) is 0 Å². The maximum Gasteiger partial charge on any atom is 0.126 e. The first-order valence-corrected chi connectivity index (χ1v) is 10.1. The van der Waals surface area contributed by atoms with Crippen molar-refractivity contribution < 1.29 is 0 Å². The van der Waals surface area contributed by atoms with Crippen LogP contribution in [0.2, 0.25) is 0 Å². The molecule has 1 N–H and O–H groups in total. The number of rotatable bonds is 3. The van der Waals surface area contributed by atoms with Crippen LogP contribution in [0.1, 0.15) is 5.56 Å². The van der Waals surface area contributed by atoms with Gasteiger partial charge in [-0.15, -0.1) is 11.3 Å².